The number of thiazole rings is 1. The molecule has 1 aliphatic rings. The molecule has 1 saturated heterocycles. The summed E-state index contributed by atoms with van der Waals surface area (Å²) in [4.78, 5) is 23.0. The van der Waals surface area contributed by atoms with Crippen molar-refractivity contribution in [3.63, 3.8) is 0 Å². The van der Waals surface area contributed by atoms with Crippen LogP contribution in [0.4, 0.5) is 10.8 Å². The van der Waals surface area contributed by atoms with Crippen LogP contribution in [0.2, 0.25) is 0 Å². The van der Waals surface area contributed by atoms with Gasteiger partial charge in [-0.05, 0) is 54.8 Å². The molecule has 0 radical (unpaired) electrons. The van der Waals surface area contributed by atoms with E-state index in [1.54, 1.807) is 18.4 Å². The van der Waals surface area contributed by atoms with Crippen LogP contribution >= 0.6 is 11.3 Å². The molecular weight excluding hydrogens is 420 g/mol. The molecule has 168 valence electrons. The molecule has 1 fully saturated rings. The molecule has 1 aromatic heterocycles. The van der Waals surface area contributed by atoms with E-state index < -0.39 is 0 Å². The SMILES string of the molecule is COc1cccc(-c2ccc(NC(=O)[C@@H]3CCCN(Cc4cnc(N(C)C)s4)C3)cc2)c1. The van der Waals surface area contributed by atoms with Gasteiger partial charge in [-0.25, -0.2) is 4.98 Å². The van der Waals surface area contributed by atoms with Crippen LogP contribution in [0.3, 0.4) is 0 Å². The van der Waals surface area contributed by atoms with Gasteiger partial charge in [0.25, 0.3) is 0 Å². The first-order valence-electron chi connectivity index (χ1n) is 10.9. The standard InChI is InChI=1S/C25H30N4O2S/c1-28(2)25-26-15-23(32-25)17-29-13-5-7-20(16-29)24(30)27-21-11-9-18(10-12-21)19-6-4-8-22(14-19)31-3/h4,6,8-12,14-15,20H,5,7,13,16-17H2,1-3H3,(H,27,30)/t20-/m1/s1. The van der Waals surface area contributed by atoms with E-state index in [0.717, 1.165) is 60.2 Å². The number of anilines is 2. The molecule has 2 heterocycles. The Morgan fingerprint density at radius 1 is 1.22 bits per heavy atom. The van der Waals surface area contributed by atoms with Crippen LogP contribution in [0.5, 0.6) is 5.75 Å². The fourth-order valence-electron chi connectivity index (χ4n) is 4.00. The number of nitrogens with zero attached hydrogens (tertiary/aromatic N) is 3. The third kappa shape index (κ3) is 5.47. The third-order valence-corrected chi connectivity index (χ3v) is 6.89. The Bertz CT molecular complexity index is 1050. The number of ether oxygens (including phenoxy) is 1. The van der Waals surface area contributed by atoms with Crippen molar-refractivity contribution in [1.82, 2.24) is 9.88 Å². The Balaban J connectivity index is 1.34. The lowest BCUT2D eigenvalue weighted by Crippen LogP contribution is -2.40. The van der Waals surface area contributed by atoms with Gasteiger partial charge < -0.3 is 15.0 Å². The zero-order valence-corrected chi connectivity index (χ0v) is 19.7. The normalized spacial score (nSPS) is 16.5. The van der Waals surface area contributed by atoms with E-state index in [-0.39, 0.29) is 11.8 Å². The first-order valence-corrected chi connectivity index (χ1v) is 11.7. The van der Waals surface area contributed by atoms with Crippen molar-refractivity contribution in [3.8, 4) is 16.9 Å². The lowest BCUT2D eigenvalue weighted by atomic mass is 9.97. The van der Waals surface area contributed by atoms with Gasteiger partial charge in [0, 0.05) is 43.9 Å². The highest BCUT2D eigenvalue weighted by atomic mass is 32.1. The van der Waals surface area contributed by atoms with E-state index in [0.29, 0.717) is 0 Å². The first-order chi connectivity index (χ1) is 15.5. The third-order valence-electron chi connectivity index (χ3n) is 5.74. The van der Waals surface area contributed by atoms with Gasteiger partial charge in [0.2, 0.25) is 5.91 Å². The molecular formula is C25H30N4O2S. The lowest BCUT2D eigenvalue weighted by molar-refractivity contribution is -0.121. The second kappa shape index (κ2) is 10.1. The minimum absolute atomic E-state index is 0.00283. The number of piperidine rings is 1. The molecule has 0 spiro atoms. The Morgan fingerprint density at radius 2 is 2.03 bits per heavy atom. The number of nitrogens with one attached hydrogen (secondary N) is 1. The van der Waals surface area contributed by atoms with Crippen molar-refractivity contribution in [2.24, 2.45) is 5.92 Å². The molecule has 6 nitrogen and oxygen atoms in total. The summed E-state index contributed by atoms with van der Waals surface area (Å²) in [6, 6.07) is 16.0. The second-order valence-corrected chi connectivity index (χ2v) is 9.47. The van der Waals surface area contributed by atoms with Gasteiger partial charge in [0.15, 0.2) is 5.13 Å². The van der Waals surface area contributed by atoms with Crippen LogP contribution in [0.25, 0.3) is 11.1 Å². The van der Waals surface area contributed by atoms with E-state index in [1.165, 1.54) is 4.88 Å². The van der Waals surface area contributed by atoms with E-state index in [4.69, 9.17) is 4.74 Å². The van der Waals surface area contributed by atoms with Crippen LogP contribution in [0.1, 0.15) is 17.7 Å². The number of likely N-dealkylation sites (tertiary alicyclic amines) is 1. The number of benzene rings is 2. The second-order valence-electron chi connectivity index (χ2n) is 8.38. The Kier molecular flexibility index (Phi) is 7.07. The molecule has 0 unspecified atom stereocenters. The zero-order chi connectivity index (χ0) is 22.5. The number of hydrogen-bond acceptors (Lipinski definition) is 6. The summed E-state index contributed by atoms with van der Waals surface area (Å²) in [5, 5.41) is 4.13. The number of carbonyl (C=O) groups is 1. The van der Waals surface area contributed by atoms with Gasteiger partial charge in [-0.3, -0.25) is 9.69 Å². The molecule has 0 aliphatic carbocycles. The largest absolute Gasteiger partial charge is 0.497 e. The van der Waals surface area contributed by atoms with Gasteiger partial charge in [0.1, 0.15) is 5.75 Å². The predicted octanol–water partition coefficient (Wildman–Crippen LogP) is 4.74. The molecule has 0 bridgehead atoms. The van der Waals surface area contributed by atoms with Gasteiger partial charge >= 0.3 is 0 Å². The maximum Gasteiger partial charge on any atom is 0.228 e. The smallest absolute Gasteiger partial charge is 0.228 e. The summed E-state index contributed by atoms with van der Waals surface area (Å²) in [6.07, 6.45) is 3.91. The molecule has 1 aliphatic heterocycles. The molecule has 3 aromatic rings. The number of methoxy groups -OCH3 is 1. The van der Waals surface area contributed by atoms with Gasteiger partial charge in [-0.15, -0.1) is 11.3 Å². The number of aromatic nitrogens is 1. The minimum atomic E-state index is 0.00283. The van der Waals surface area contributed by atoms with Crippen molar-refractivity contribution < 1.29 is 9.53 Å². The highest BCUT2D eigenvalue weighted by Gasteiger charge is 2.26. The van der Waals surface area contributed by atoms with E-state index in [1.807, 2.05) is 67.7 Å². The Labute approximate surface area is 193 Å². The molecule has 0 saturated carbocycles. The molecule has 1 amide bonds. The van der Waals surface area contributed by atoms with Gasteiger partial charge in [0.05, 0.1) is 13.0 Å². The van der Waals surface area contributed by atoms with Crippen molar-refractivity contribution >= 4 is 28.1 Å². The van der Waals surface area contributed by atoms with Gasteiger partial charge in [-0.2, -0.15) is 0 Å². The highest BCUT2D eigenvalue weighted by molar-refractivity contribution is 7.15. The average molecular weight is 451 g/mol. The Morgan fingerprint density at radius 3 is 2.75 bits per heavy atom. The number of rotatable bonds is 7. The van der Waals surface area contributed by atoms with Gasteiger partial charge in [-0.1, -0.05) is 24.3 Å². The highest BCUT2D eigenvalue weighted by Crippen LogP contribution is 2.27. The van der Waals surface area contributed by atoms with Crippen molar-refractivity contribution in [3.05, 3.63) is 59.6 Å². The summed E-state index contributed by atoms with van der Waals surface area (Å²) in [5.41, 5.74) is 3.01. The van der Waals surface area contributed by atoms with E-state index in [9.17, 15) is 4.79 Å². The van der Waals surface area contributed by atoms with E-state index in [2.05, 4.69) is 21.3 Å². The number of amides is 1. The summed E-state index contributed by atoms with van der Waals surface area (Å²) in [6.45, 7) is 2.65. The quantitative estimate of drug-likeness (QED) is 0.564. The summed E-state index contributed by atoms with van der Waals surface area (Å²) >= 11 is 1.71. The topological polar surface area (TPSA) is 57.7 Å². The van der Waals surface area contributed by atoms with Crippen LogP contribution in [0, 0.1) is 5.92 Å². The lowest BCUT2D eigenvalue weighted by Gasteiger charge is -2.31. The Hall–Kier alpha value is -2.90. The average Bonchev–Trinajstić information content (AvgIpc) is 3.28. The number of carbonyl (C=O) groups excluding carboxylic acids is 1. The van der Waals surface area contributed by atoms with Crippen molar-refractivity contribution in [1.29, 1.82) is 0 Å². The number of hydrogen-bond donors (Lipinski definition) is 1. The predicted molar refractivity (Wildman–Crippen MR) is 132 cm³/mol. The fourth-order valence-corrected chi connectivity index (χ4v) is 4.88. The molecule has 1 N–H and O–H groups in total. The molecule has 4 rings (SSSR count). The summed E-state index contributed by atoms with van der Waals surface area (Å²) < 4.78 is 5.31. The van der Waals surface area contributed by atoms with Crippen LogP contribution in [-0.4, -0.2) is 50.1 Å². The summed E-state index contributed by atoms with van der Waals surface area (Å²) in [5.74, 6) is 0.933. The molecule has 2 aromatic carbocycles. The summed E-state index contributed by atoms with van der Waals surface area (Å²) in [7, 11) is 5.68. The molecule has 1 atom stereocenters. The molecule has 32 heavy (non-hydrogen) atoms. The van der Waals surface area contributed by atoms with Crippen LogP contribution in [-0.2, 0) is 11.3 Å². The van der Waals surface area contributed by atoms with Crippen LogP contribution < -0.4 is 15.0 Å². The zero-order valence-electron chi connectivity index (χ0n) is 18.9. The monoisotopic (exact) mass is 450 g/mol. The van der Waals surface area contributed by atoms with Crippen molar-refractivity contribution in [2.45, 2.75) is 19.4 Å². The van der Waals surface area contributed by atoms with Crippen molar-refractivity contribution in [2.75, 3.05) is 44.5 Å². The first kappa shape index (κ1) is 22.3. The maximum atomic E-state index is 12.9. The molecule has 7 heteroatoms. The minimum Gasteiger partial charge on any atom is -0.497 e. The maximum absolute atomic E-state index is 12.9. The van der Waals surface area contributed by atoms with E-state index >= 15 is 0 Å². The van der Waals surface area contributed by atoms with Crippen LogP contribution in [0.15, 0.2) is 54.7 Å². The fraction of sp³-hybridized carbons (Fsp3) is 0.360.